The maximum atomic E-state index is 13.9. The number of likely N-dealkylation sites (N-methyl/N-ethyl adjacent to an activating group) is 1. The number of benzene rings is 1. The molecule has 1 atom stereocenters. The van der Waals surface area contributed by atoms with Crippen LogP contribution in [-0.2, 0) is 19.6 Å². The van der Waals surface area contributed by atoms with Crippen molar-refractivity contribution in [1.29, 1.82) is 0 Å². The molecule has 1 aromatic heterocycles. The van der Waals surface area contributed by atoms with Crippen LogP contribution in [0.4, 0.5) is 17.6 Å². The highest BCUT2D eigenvalue weighted by Gasteiger charge is 2.32. The van der Waals surface area contributed by atoms with Gasteiger partial charge in [0.2, 0.25) is 0 Å². The van der Waals surface area contributed by atoms with Crippen molar-refractivity contribution >= 4 is 0 Å². The summed E-state index contributed by atoms with van der Waals surface area (Å²) in [5, 5.41) is 10.4. The third kappa shape index (κ3) is 3.57. The molecule has 4 nitrogen and oxygen atoms in total. The molecule has 1 aromatic carbocycles. The van der Waals surface area contributed by atoms with Crippen LogP contribution in [0.15, 0.2) is 24.4 Å². The fourth-order valence-electron chi connectivity index (χ4n) is 2.05. The molecule has 0 spiro atoms. The molecule has 1 heterocycles. The van der Waals surface area contributed by atoms with Gasteiger partial charge in [0, 0.05) is 31.3 Å². The molecule has 8 heteroatoms. The van der Waals surface area contributed by atoms with Gasteiger partial charge in [0.15, 0.2) is 0 Å². The van der Waals surface area contributed by atoms with E-state index in [4.69, 9.17) is 0 Å². The molecule has 0 aliphatic rings. The number of aromatic nitrogens is 3. The summed E-state index contributed by atoms with van der Waals surface area (Å²) in [5.74, 6) is -0.689. The Labute approximate surface area is 118 Å². The van der Waals surface area contributed by atoms with E-state index in [1.54, 1.807) is 20.3 Å². The van der Waals surface area contributed by atoms with E-state index < -0.39 is 23.6 Å². The highest BCUT2D eigenvalue weighted by atomic mass is 19.4. The molecule has 2 rings (SSSR count). The standard InChI is InChI=1S/C13H14F4N4/c1-18-12(6-9-7-21(2)20-19-9)10-5-8(13(15,16)17)3-4-11(10)14/h3-5,7,12,18H,6H2,1-2H3. The van der Waals surface area contributed by atoms with Crippen molar-refractivity contribution in [2.45, 2.75) is 18.6 Å². The molecule has 0 aliphatic carbocycles. The van der Waals surface area contributed by atoms with Crippen molar-refractivity contribution in [3.63, 3.8) is 0 Å². The average Bonchev–Trinajstić information content (AvgIpc) is 2.81. The number of aryl methyl sites for hydroxylation is 1. The molecule has 0 aliphatic heterocycles. The van der Waals surface area contributed by atoms with Gasteiger partial charge in [-0.1, -0.05) is 5.21 Å². The molecule has 0 saturated heterocycles. The Morgan fingerprint density at radius 2 is 2.05 bits per heavy atom. The van der Waals surface area contributed by atoms with Gasteiger partial charge in [0.05, 0.1) is 11.3 Å². The fourth-order valence-corrected chi connectivity index (χ4v) is 2.05. The Hall–Kier alpha value is -1.96. The minimum absolute atomic E-state index is 0.0435. The van der Waals surface area contributed by atoms with E-state index in [1.165, 1.54) is 4.68 Å². The van der Waals surface area contributed by atoms with Crippen molar-refractivity contribution < 1.29 is 17.6 Å². The minimum atomic E-state index is -4.51. The van der Waals surface area contributed by atoms with Crippen LogP contribution in [0.25, 0.3) is 0 Å². The smallest absolute Gasteiger partial charge is 0.313 e. The molecule has 0 radical (unpaired) electrons. The maximum absolute atomic E-state index is 13.9. The largest absolute Gasteiger partial charge is 0.416 e. The number of nitrogens with one attached hydrogen (secondary N) is 1. The van der Waals surface area contributed by atoms with Gasteiger partial charge in [0.1, 0.15) is 5.82 Å². The van der Waals surface area contributed by atoms with Gasteiger partial charge in [-0.05, 0) is 25.2 Å². The van der Waals surface area contributed by atoms with Crippen LogP contribution in [0.5, 0.6) is 0 Å². The molecular weight excluding hydrogens is 288 g/mol. The number of hydrogen-bond acceptors (Lipinski definition) is 3. The summed E-state index contributed by atoms with van der Waals surface area (Å²) in [6, 6.07) is 1.77. The summed E-state index contributed by atoms with van der Waals surface area (Å²) in [6.45, 7) is 0. The van der Waals surface area contributed by atoms with Crippen LogP contribution in [-0.4, -0.2) is 22.0 Å². The molecule has 2 aromatic rings. The van der Waals surface area contributed by atoms with Gasteiger partial charge in [-0.15, -0.1) is 5.10 Å². The van der Waals surface area contributed by atoms with E-state index in [0.29, 0.717) is 5.69 Å². The molecule has 0 amide bonds. The summed E-state index contributed by atoms with van der Waals surface area (Å²) < 4.78 is 53.5. The first-order chi connectivity index (χ1) is 9.81. The molecular formula is C13H14F4N4. The van der Waals surface area contributed by atoms with E-state index in [0.717, 1.165) is 18.2 Å². The summed E-state index contributed by atoms with van der Waals surface area (Å²) in [5.41, 5.74) is -0.357. The Morgan fingerprint density at radius 1 is 1.33 bits per heavy atom. The van der Waals surface area contributed by atoms with Crippen LogP contribution in [0.3, 0.4) is 0 Å². The Balaban J connectivity index is 2.33. The third-order valence-electron chi connectivity index (χ3n) is 3.11. The normalized spacial score (nSPS) is 13.4. The highest BCUT2D eigenvalue weighted by molar-refractivity contribution is 5.30. The lowest BCUT2D eigenvalue weighted by atomic mass is 9.99. The molecule has 0 saturated carbocycles. The number of alkyl halides is 3. The molecule has 21 heavy (non-hydrogen) atoms. The van der Waals surface area contributed by atoms with Crippen LogP contribution in [0, 0.1) is 5.82 Å². The Kier molecular flexibility index (Phi) is 4.26. The Bertz CT molecular complexity index is 621. The first-order valence-electron chi connectivity index (χ1n) is 6.20. The van der Waals surface area contributed by atoms with E-state index in [-0.39, 0.29) is 12.0 Å². The molecule has 1 N–H and O–H groups in total. The number of rotatable bonds is 4. The SMILES string of the molecule is CNC(Cc1cn(C)nn1)c1cc(C(F)(F)F)ccc1F. The zero-order valence-corrected chi connectivity index (χ0v) is 11.4. The average molecular weight is 302 g/mol. The van der Waals surface area contributed by atoms with Crippen LogP contribution < -0.4 is 5.32 Å². The summed E-state index contributed by atoms with van der Waals surface area (Å²) in [6.07, 6.45) is -2.63. The van der Waals surface area contributed by atoms with Crippen LogP contribution >= 0.6 is 0 Å². The topological polar surface area (TPSA) is 42.7 Å². The minimum Gasteiger partial charge on any atom is -0.313 e. The second-order valence-corrected chi connectivity index (χ2v) is 4.66. The molecule has 0 fully saturated rings. The molecule has 0 bridgehead atoms. The number of nitrogens with zero attached hydrogens (tertiary/aromatic N) is 3. The highest BCUT2D eigenvalue weighted by Crippen LogP contribution is 2.32. The Morgan fingerprint density at radius 3 is 2.57 bits per heavy atom. The molecule has 1 unspecified atom stereocenters. The van der Waals surface area contributed by atoms with Crippen molar-refractivity contribution in [3.05, 3.63) is 47.0 Å². The quantitative estimate of drug-likeness (QED) is 0.882. The van der Waals surface area contributed by atoms with Gasteiger partial charge in [-0.2, -0.15) is 13.2 Å². The van der Waals surface area contributed by atoms with Gasteiger partial charge in [-0.25, -0.2) is 4.39 Å². The zero-order chi connectivity index (χ0) is 15.6. The van der Waals surface area contributed by atoms with E-state index >= 15 is 0 Å². The lowest BCUT2D eigenvalue weighted by molar-refractivity contribution is -0.137. The van der Waals surface area contributed by atoms with E-state index in [1.807, 2.05) is 0 Å². The van der Waals surface area contributed by atoms with Gasteiger partial charge >= 0.3 is 6.18 Å². The predicted molar refractivity (Wildman–Crippen MR) is 67.9 cm³/mol. The zero-order valence-electron chi connectivity index (χ0n) is 11.4. The number of halogens is 4. The van der Waals surface area contributed by atoms with Gasteiger partial charge in [0.25, 0.3) is 0 Å². The summed E-state index contributed by atoms with van der Waals surface area (Å²) in [4.78, 5) is 0. The maximum Gasteiger partial charge on any atom is 0.416 e. The van der Waals surface area contributed by atoms with Crippen molar-refractivity contribution in [1.82, 2.24) is 20.3 Å². The van der Waals surface area contributed by atoms with Crippen molar-refractivity contribution in [2.75, 3.05) is 7.05 Å². The van der Waals surface area contributed by atoms with Crippen LogP contribution in [0.2, 0.25) is 0 Å². The van der Waals surface area contributed by atoms with Crippen LogP contribution in [0.1, 0.15) is 22.9 Å². The first kappa shape index (κ1) is 15.4. The lowest BCUT2D eigenvalue weighted by Gasteiger charge is -2.18. The van der Waals surface area contributed by atoms with E-state index in [9.17, 15) is 17.6 Å². The van der Waals surface area contributed by atoms with Gasteiger partial charge < -0.3 is 5.32 Å². The summed E-state index contributed by atoms with van der Waals surface area (Å²) >= 11 is 0. The second-order valence-electron chi connectivity index (χ2n) is 4.66. The fraction of sp³-hybridized carbons (Fsp3) is 0.385. The summed E-state index contributed by atoms with van der Waals surface area (Å²) in [7, 11) is 3.23. The third-order valence-corrected chi connectivity index (χ3v) is 3.11. The number of hydrogen-bond donors (Lipinski definition) is 1. The molecule has 114 valence electrons. The lowest BCUT2D eigenvalue weighted by Crippen LogP contribution is -2.21. The van der Waals surface area contributed by atoms with E-state index in [2.05, 4.69) is 15.6 Å². The second kappa shape index (κ2) is 5.80. The predicted octanol–water partition coefficient (Wildman–Crippen LogP) is 2.48. The monoisotopic (exact) mass is 302 g/mol. The van der Waals surface area contributed by atoms with Crippen molar-refractivity contribution in [3.8, 4) is 0 Å². The first-order valence-corrected chi connectivity index (χ1v) is 6.20. The van der Waals surface area contributed by atoms with Gasteiger partial charge in [-0.3, -0.25) is 4.68 Å². The van der Waals surface area contributed by atoms with Crippen molar-refractivity contribution in [2.24, 2.45) is 7.05 Å².